The number of ether oxygens (including phenoxy) is 1. The van der Waals surface area contributed by atoms with Crippen LogP contribution in [0.2, 0.25) is 0 Å². The standard InChI is InChI=1S/C10H12F3NO.ClH/c1-15-10-6(3-2-4-7(10)11)8(14)5-9(12)13;/h2-4,8-9H,5,14H2,1H3;1H/t8-;/m0./s1. The largest absolute Gasteiger partial charge is 0.493 e. The normalized spacial score (nSPS) is 12.1. The molecule has 1 atom stereocenters. The molecule has 0 amide bonds. The number of rotatable bonds is 4. The van der Waals surface area contributed by atoms with Crippen LogP contribution < -0.4 is 10.5 Å². The highest BCUT2D eigenvalue weighted by molar-refractivity contribution is 5.85. The lowest BCUT2D eigenvalue weighted by Crippen LogP contribution is -2.15. The van der Waals surface area contributed by atoms with E-state index in [9.17, 15) is 13.2 Å². The van der Waals surface area contributed by atoms with Gasteiger partial charge in [-0.2, -0.15) is 0 Å². The van der Waals surface area contributed by atoms with Gasteiger partial charge < -0.3 is 10.5 Å². The average molecular weight is 256 g/mol. The molecule has 92 valence electrons. The molecule has 1 aromatic carbocycles. The summed E-state index contributed by atoms with van der Waals surface area (Å²) >= 11 is 0. The molecule has 2 nitrogen and oxygen atoms in total. The van der Waals surface area contributed by atoms with Crippen molar-refractivity contribution in [1.82, 2.24) is 0 Å². The van der Waals surface area contributed by atoms with Gasteiger partial charge in [-0.15, -0.1) is 12.4 Å². The van der Waals surface area contributed by atoms with Crippen LogP contribution in [0.1, 0.15) is 18.0 Å². The van der Waals surface area contributed by atoms with E-state index < -0.39 is 24.7 Å². The molecule has 0 radical (unpaired) electrons. The molecule has 0 saturated heterocycles. The minimum atomic E-state index is -2.52. The van der Waals surface area contributed by atoms with E-state index in [1.807, 2.05) is 0 Å². The lowest BCUT2D eigenvalue weighted by molar-refractivity contribution is 0.128. The fourth-order valence-corrected chi connectivity index (χ4v) is 1.35. The Bertz CT molecular complexity index is 336. The second kappa shape index (κ2) is 6.60. The number of alkyl halides is 2. The van der Waals surface area contributed by atoms with E-state index in [1.54, 1.807) is 0 Å². The van der Waals surface area contributed by atoms with Crippen LogP contribution in [0, 0.1) is 5.82 Å². The van der Waals surface area contributed by atoms with Crippen LogP contribution in [-0.2, 0) is 0 Å². The van der Waals surface area contributed by atoms with Crippen LogP contribution in [0.15, 0.2) is 18.2 Å². The summed E-state index contributed by atoms with van der Waals surface area (Å²) in [6, 6.07) is 3.17. The molecule has 0 saturated carbocycles. The van der Waals surface area contributed by atoms with Crippen LogP contribution in [0.5, 0.6) is 5.75 Å². The Morgan fingerprint density at radius 2 is 2.00 bits per heavy atom. The van der Waals surface area contributed by atoms with Gasteiger partial charge in [-0.05, 0) is 6.07 Å². The van der Waals surface area contributed by atoms with Crippen molar-refractivity contribution in [2.45, 2.75) is 18.9 Å². The molecular weight excluding hydrogens is 243 g/mol. The molecule has 0 aliphatic rings. The summed E-state index contributed by atoms with van der Waals surface area (Å²) in [7, 11) is 1.27. The number of methoxy groups -OCH3 is 1. The second-order valence-electron chi connectivity index (χ2n) is 3.10. The van der Waals surface area contributed by atoms with Crippen LogP contribution in [0.4, 0.5) is 13.2 Å². The maximum Gasteiger partial charge on any atom is 0.240 e. The zero-order valence-electron chi connectivity index (χ0n) is 8.62. The predicted molar refractivity (Wildman–Crippen MR) is 57.7 cm³/mol. The van der Waals surface area contributed by atoms with Gasteiger partial charge in [0.1, 0.15) is 0 Å². The van der Waals surface area contributed by atoms with Gasteiger partial charge in [-0.25, -0.2) is 13.2 Å². The van der Waals surface area contributed by atoms with E-state index in [2.05, 4.69) is 0 Å². The molecule has 0 unspecified atom stereocenters. The molecule has 0 aliphatic heterocycles. The highest BCUT2D eigenvalue weighted by Gasteiger charge is 2.18. The lowest BCUT2D eigenvalue weighted by Gasteiger charge is -2.15. The highest BCUT2D eigenvalue weighted by Crippen LogP contribution is 2.29. The Labute approximate surface area is 98.0 Å². The average Bonchev–Trinajstić information content (AvgIpc) is 2.16. The maximum absolute atomic E-state index is 13.2. The van der Waals surface area contributed by atoms with Crippen molar-refractivity contribution in [1.29, 1.82) is 0 Å². The van der Waals surface area contributed by atoms with Crippen molar-refractivity contribution in [3.05, 3.63) is 29.6 Å². The monoisotopic (exact) mass is 255 g/mol. The van der Waals surface area contributed by atoms with E-state index in [4.69, 9.17) is 10.5 Å². The molecule has 2 N–H and O–H groups in total. The first-order chi connectivity index (χ1) is 7.06. The minimum Gasteiger partial charge on any atom is -0.493 e. The summed E-state index contributed by atoms with van der Waals surface area (Å²) in [5.41, 5.74) is 5.78. The summed E-state index contributed by atoms with van der Waals surface area (Å²) < 4.78 is 42.1. The SMILES string of the molecule is COc1c(F)cccc1[C@@H](N)CC(F)F.Cl. The first-order valence-electron chi connectivity index (χ1n) is 4.42. The third-order valence-electron chi connectivity index (χ3n) is 2.03. The van der Waals surface area contributed by atoms with Gasteiger partial charge in [0.15, 0.2) is 11.6 Å². The van der Waals surface area contributed by atoms with Crippen molar-refractivity contribution >= 4 is 12.4 Å². The molecule has 0 spiro atoms. The first kappa shape index (κ1) is 15.1. The van der Waals surface area contributed by atoms with Gasteiger partial charge in [0.2, 0.25) is 6.43 Å². The quantitative estimate of drug-likeness (QED) is 0.898. The van der Waals surface area contributed by atoms with E-state index in [0.29, 0.717) is 0 Å². The third kappa shape index (κ3) is 3.57. The molecule has 0 aliphatic carbocycles. The van der Waals surface area contributed by atoms with Crippen molar-refractivity contribution in [3.8, 4) is 5.75 Å². The molecule has 16 heavy (non-hydrogen) atoms. The number of halogens is 4. The molecule has 0 bridgehead atoms. The van der Waals surface area contributed by atoms with Gasteiger partial charge in [-0.1, -0.05) is 12.1 Å². The molecule has 0 heterocycles. The van der Waals surface area contributed by atoms with E-state index >= 15 is 0 Å². The smallest absolute Gasteiger partial charge is 0.240 e. The number of hydrogen-bond donors (Lipinski definition) is 1. The van der Waals surface area contributed by atoms with E-state index in [-0.39, 0.29) is 23.7 Å². The molecule has 0 aromatic heterocycles. The Hall–Kier alpha value is -0.940. The molecular formula is C10H13ClF3NO. The van der Waals surface area contributed by atoms with Crippen molar-refractivity contribution in [2.75, 3.05) is 7.11 Å². The topological polar surface area (TPSA) is 35.2 Å². The van der Waals surface area contributed by atoms with Crippen LogP contribution in [0.3, 0.4) is 0 Å². The van der Waals surface area contributed by atoms with Crippen LogP contribution in [-0.4, -0.2) is 13.5 Å². The third-order valence-corrected chi connectivity index (χ3v) is 2.03. The van der Waals surface area contributed by atoms with Gasteiger partial charge >= 0.3 is 0 Å². The van der Waals surface area contributed by atoms with Gasteiger partial charge in [0, 0.05) is 18.0 Å². The number of nitrogens with two attached hydrogens (primary N) is 1. The zero-order chi connectivity index (χ0) is 11.4. The van der Waals surface area contributed by atoms with Crippen LogP contribution >= 0.6 is 12.4 Å². The van der Waals surface area contributed by atoms with Crippen molar-refractivity contribution in [2.24, 2.45) is 5.73 Å². The molecule has 0 fully saturated rings. The van der Waals surface area contributed by atoms with E-state index in [0.717, 1.165) is 0 Å². The summed E-state index contributed by atoms with van der Waals surface area (Å²) in [5.74, 6) is -0.662. The lowest BCUT2D eigenvalue weighted by atomic mass is 10.0. The van der Waals surface area contributed by atoms with Gasteiger partial charge in [-0.3, -0.25) is 0 Å². The Morgan fingerprint density at radius 1 is 1.38 bits per heavy atom. The van der Waals surface area contributed by atoms with Gasteiger partial charge in [0.05, 0.1) is 7.11 Å². The predicted octanol–water partition coefficient (Wildman–Crippen LogP) is 2.91. The molecule has 6 heteroatoms. The summed E-state index contributed by atoms with van der Waals surface area (Å²) in [6.45, 7) is 0. The minimum absolute atomic E-state index is 0. The molecule has 1 rings (SSSR count). The summed E-state index contributed by atoms with van der Waals surface area (Å²) in [6.07, 6.45) is -3.03. The zero-order valence-corrected chi connectivity index (χ0v) is 9.44. The van der Waals surface area contributed by atoms with Gasteiger partial charge in [0.25, 0.3) is 0 Å². The fourth-order valence-electron chi connectivity index (χ4n) is 1.35. The Kier molecular flexibility index (Phi) is 6.21. The highest BCUT2D eigenvalue weighted by atomic mass is 35.5. The number of benzene rings is 1. The first-order valence-corrected chi connectivity index (χ1v) is 4.42. The maximum atomic E-state index is 13.2. The van der Waals surface area contributed by atoms with Crippen molar-refractivity contribution < 1.29 is 17.9 Å². The second-order valence-corrected chi connectivity index (χ2v) is 3.10. The number of para-hydroxylation sites is 1. The Morgan fingerprint density at radius 3 is 2.50 bits per heavy atom. The molecule has 1 aromatic rings. The number of hydrogen-bond acceptors (Lipinski definition) is 2. The Balaban J connectivity index is 0.00000225. The van der Waals surface area contributed by atoms with Crippen LogP contribution in [0.25, 0.3) is 0 Å². The summed E-state index contributed by atoms with van der Waals surface area (Å²) in [4.78, 5) is 0. The fraction of sp³-hybridized carbons (Fsp3) is 0.400. The van der Waals surface area contributed by atoms with Crippen molar-refractivity contribution in [3.63, 3.8) is 0 Å². The summed E-state index contributed by atoms with van der Waals surface area (Å²) in [5, 5.41) is 0. The van der Waals surface area contributed by atoms with E-state index in [1.165, 1.54) is 25.3 Å².